The van der Waals surface area contributed by atoms with Gasteiger partial charge < -0.3 is 0 Å². The summed E-state index contributed by atoms with van der Waals surface area (Å²) in [7, 11) is 0. The summed E-state index contributed by atoms with van der Waals surface area (Å²) in [4.78, 5) is 4.41. The number of pyridine rings is 1. The minimum Gasteiger partial charge on any atom is -0.269 e. The van der Waals surface area contributed by atoms with Gasteiger partial charge in [-0.2, -0.15) is 5.10 Å². The maximum atomic E-state index is 4.59. The van der Waals surface area contributed by atoms with Crippen molar-refractivity contribution in [3.8, 4) is 0 Å². The summed E-state index contributed by atoms with van der Waals surface area (Å²) >= 11 is 0. The minimum absolute atomic E-state index is 0.381. The molecule has 0 fully saturated rings. The highest BCUT2D eigenvalue weighted by Crippen LogP contribution is 2.22. The monoisotopic (exact) mass is 211 g/mol. The van der Waals surface area contributed by atoms with Crippen LogP contribution in [0.15, 0.2) is 36.7 Å². The molecule has 3 aromatic rings. The largest absolute Gasteiger partial charge is 0.269 e. The van der Waals surface area contributed by atoms with E-state index in [0.717, 1.165) is 21.8 Å². The SMILES string of the molecule is CC(C)n1cc2ccc3cccnc3c2n1. The predicted octanol–water partition coefficient (Wildman–Crippen LogP) is 3.17. The topological polar surface area (TPSA) is 30.7 Å². The lowest BCUT2D eigenvalue weighted by atomic mass is 10.1. The van der Waals surface area contributed by atoms with E-state index in [1.807, 2.05) is 16.9 Å². The lowest BCUT2D eigenvalue weighted by Gasteiger charge is -2.02. The first kappa shape index (κ1) is 9.33. The average Bonchev–Trinajstić information content (AvgIpc) is 2.73. The van der Waals surface area contributed by atoms with Crippen molar-refractivity contribution in [3.63, 3.8) is 0 Å². The van der Waals surface area contributed by atoms with E-state index in [4.69, 9.17) is 0 Å². The summed E-state index contributed by atoms with van der Waals surface area (Å²) in [6.07, 6.45) is 3.89. The van der Waals surface area contributed by atoms with Gasteiger partial charge in [-0.05, 0) is 19.9 Å². The van der Waals surface area contributed by atoms with Gasteiger partial charge in [-0.25, -0.2) is 0 Å². The normalized spacial score (nSPS) is 11.7. The van der Waals surface area contributed by atoms with Gasteiger partial charge in [0.25, 0.3) is 0 Å². The highest BCUT2D eigenvalue weighted by atomic mass is 15.3. The van der Waals surface area contributed by atoms with Gasteiger partial charge in [0.2, 0.25) is 0 Å². The molecule has 0 unspecified atom stereocenters. The van der Waals surface area contributed by atoms with Crippen LogP contribution in [0.3, 0.4) is 0 Å². The van der Waals surface area contributed by atoms with Crippen LogP contribution in [-0.2, 0) is 0 Å². The summed E-state index contributed by atoms with van der Waals surface area (Å²) in [5.74, 6) is 0. The van der Waals surface area contributed by atoms with Gasteiger partial charge in [-0.3, -0.25) is 9.67 Å². The number of hydrogen-bond acceptors (Lipinski definition) is 2. The maximum absolute atomic E-state index is 4.59. The molecule has 0 atom stereocenters. The van der Waals surface area contributed by atoms with Crippen LogP contribution in [-0.4, -0.2) is 14.8 Å². The number of benzene rings is 1. The number of hydrogen-bond donors (Lipinski definition) is 0. The zero-order valence-electron chi connectivity index (χ0n) is 9.38. The van der Waals surface area contributed by atoms with E-state index in [1.54, 1.807) is 0 Å². The maximum Gasteiger partial charge on any atom is 0.119 e. The Labute approximate surface area is 93.7 Å². The van der Waals surface area contributed by atoms with E-state index in [2.05, 4.69) is 48.3 Å². The van der Waals surface area contributed by atoms with Crippen LogP contribution >= 0.6 is 0 Å². The first-order valence-electron chi connectivity index (χ1n) is 5.48. The Kier molecular flexibility index (Phi) is 1.93. The van der Waals surface area contributed by atoms with Crippen molar-refractivity contribution in [2.45, 2.75) is 19.9 Å². The summed E-state index contributed by atoms with van der Waals surface area (Å²) in [5, 5.41) is 6.89. The molecule has 0 saturated carbocycles. The lowest BCUT2D eigenvalue weighted by molar-refractivity contribution is 0.538. The highest BCUT2D eigenvalue weighted by molar-refractivity contribution is 6.02. The first-order chi connectivity index (χ1) is 7.75. The van der Waals surface area contributed by atoms with Crippen LogP contribution in [0.1, 0.15) is 19.9 Å². The molecule has 0 saturated heterocycles. The average molecular weight is 211 g/mol. The van der Waals surface area contributed by atoms with Crippen molar-refractivity contribution in [2.24, 2.45) is 0 Å². The van der Waals surface area contributed by atoms with Crippen LogP contribution in [0.4, 0.5) is 0 Å². The second-order valence-electron chi connectivity index (χ2n) is 4.28. The van der Waals surface area contributed by atoms with E-state index < -0.39 is 0 Å². The van der Waals surface area contributed by atoms with Crippen LogP contribution in [0.2, 0.25) is 0 Å². The molecule has 80 valence electrons. The fourth-order valence-corrected chi connectivity index (χ4v) is 1.91. The molecule has 3 rings (SSSR count). The number of nitrogens with zero attached hydrogens (tertiary/aromatic N) is 3. The van der Waals surface area contributed by atoms with E-state index in [9.17, 15) is 0 Å². The molecule has 0 aliphatic heterocycles. The van der Waals surface area contributed by atoms with Gasteiger partial charge in [0.1, 0.15) is 5.52 Å². The van der Waals surface area contributed by atoms with Crippen molar-refractivity contribution in [1.82, 2.24) is 14.8 Å². The van der Waals surface area contributed by atoms with E-state index in [1.165, 1.54) is 0 Å². The van der Waals surface area contributed by atoms with Gasteiger partial charge >= 0.3 is 0 Å². The fourth-order valence-electron chi connectivity index (χ4n) is 1.91. The molecule has 0 aliphatic rings. The molecular weight excluding hydrogens is 198 g/mol. The quantitative estimate of drug-likeness (QED) is 0.619. The minimum atomic E-state index is 0.381. The molecule has 0 spiro atoms. The Morgan fingerprint density at radius 3 is 2.69 bits per heavy atom. The van der Waals surface area contributed by atoms with Gasteiger partial charge in [-0.15, -0.1) is 0 Å². The molecule has 3 nitrogen and oxygen atoms in total. The number of fused-ring (bicyclic) bond motifs is 3. The third-order valence-electron chi connectivity index (χ3n) is 2.80. The Balaban J connectivity index is 2.41. The van der Waals surface area contributed by atoms with Gasteiger partial charge in [0.05, 0.1) is 5.52 Å². The zero-order chi connectivity index (χ0) is 11.1. The fraction of sp³-hybridized carbons (Fsp3) is 0.231. The Morgan fingerprint density at radius 1 is 1.06 bits per heavy atom. The van der Waals surface area contributed by atoms with Crippen molar-refractivity contribution >= 4 is 21.8 Å². The first-order valence-corrected chi connectivity index (χ1v) is 5.48. The Hall–Kier alpha value is -1.90. The Morgan fingerprint density at radius 2 is 1.88 bits per heavy atom. The second-order valence-corrected chi connectivity index (χ2v) is 4.28. The van der Waals surface area contributed by atoms with Crippen LogP contribution in [0.5, 0.6) is 0 Å². The molecular formula is C13H13N3. The Bertz CT molecular complexity index is 652. The number of rotatable bonds is 1. The number of aromatic nitrogens is 3. The molecule has 2 heterocycles. The zero-order valence-corrected chi connectivity index (χ0v) is 9.38. The van der Waals surface area contributed by atoms with Crippen molar-refractivity contribution in [1.29, 1.82) is 0 Å². The summed E-state index contributed by atoms with van der Waals surface area (Å²) in [6.45, 7) is 4.25. The molecule has 0 bridgehead atoms. The molecule has 0 aliphatic carbocycles. The van der Waals surface area contributed by atoms with Crippen molar-refractivity contribution in [3.05, 3.63) is 36.7 Å². The van der Waals surface area contributed by atoms with Gasteiger partial charge in [0, 0.05) is 29.2 Å². The smallest absolute Gasteiger partial charge is 0.119 e. The van der Waals surface area contributed by atoms with Crippen LogP contribution in [0.25, 0.3) is 21.8 Å². The van der Waals surface area contributed by atoms with Gasteiger partial charge in [0.15, 0.2) is 0 Å². The van der Waals surface area contributed by atoms with Crippen molar-refractivity contribution in [2.75, 3.05) is 0 Å². The molecule has 0 radical (unpaired) electrons. The highest BCUT2D eigenvalue weighted by Gasteiger charge is 2.07. The van der Waals surface area contributed by atoms with Crippen LogP contribution < -0.4 is 0 Å². The molecule has 0 amide bonds. The van der Waals surface area contributed by atoms with E-state index in [0.29, 0.717) is 6.04 Å². The molecule has 0 N–H and O–H groups in total. The molecule has 16 heavy (non-hydrogen) atoms. The summed E-state index contributed by atoms with van der Waals surface area (Å²) in [5.41, 5.74) is 1.98. The molecule has 1 aromatic carbocycles. The van der Waals surface area contributed by atoms with Crippen molar-refractivity contribution < 1.29 is 0 Å². The molecule has 2 aromatic heterocycles. The standard InChI is InChI=1S/C13H13N3/c1-9(2)16-8-11-6-5-10-4-3-7-14-12(10)13(11)15-16/h3-9H,1-2H3. The van der Waals surface area contributed by atoms with Crippen LogP contribution in [0, 0.1) is 0 Å². The third kappa shape index (κ3) is 1.28. The summed E-state index contributed by atoms with van der Waals surface area (Å²) in [6, 6.07) is 8.60. The van der Waals surface area contributed by atoms with E-state index >= 15 is 0 Å². The predicted molar refractivity (Wildman–Crippen MR) is 65.4 cm³/mol. The second kappa shape index (κ2) is 3.30. The third-order valence-corrected chi connectivity index (χ3v) is 2.80. The van der Waals surface area contributed by atoms with Gasteiger partial charge in [-0.1, -0.05) is 18.2 Å². The lowest BCUT2D eigenvalue weighted by Crippen LogP contribution is -2.00. The molecule has 3 heteroatoms. The summed E-state index contributed by atoms with van der Waals surface area (Å²) < 4.78 is 1.98. The van der Waals surface area contributed by atoms with E-state index in [-0.39, 0.29) is 0 Å².